The first-order valence-electron chi connectivity index (χ1n) is 7.20. The number of halogens is 1. The van der Waals surface area contributed by atoms with Crippen molar-refractivity contribution in [2.24, 2.45) is 5.41 Å². The van der Waals surface area contributed by atoms with Crippen molar-refractivity contribution in [3.63, 3.8) is 0 Å². The van der Waals surface area contributed by atoms with Crippen LogP contribution >= 0.6 is 11.6 Å². The van der Waals surface area contributed by atoms with Gasteiger partial charge in [-0.2, -0.15) is 5.26 Å². The summed E-state index contributed by atoms with van der Waals surface area (Å²) in [4.78, 5) is 11.2. The number of carboxylic acids is 1. The fourth-order valence-corrected chi connectivity index (χ4v) is 3.25. The highest BCUT2D eigenvalue weighted by Crippen LogP contribution is 2.39. The molecule has 0 heterocycles. The number of nitriles is 1. The standard InChI is InChI=1S/C16H19ClN2O2/c17-13-5-4-12(10-18)14(8-13)19-11-16(9-15(20)21)6-2-1-3-7-16/h4-5,8,19H,1-3,6-7,9,11H2,(H,20,21). The molecule has 0 aliphatic heterocycles. The molecule has 0 radical (unpaired) electrons. The molecule has 0 aromatic heterocycles. The lowest BCUT2D eigenvalue weighted by Gasteiger charge is -2.36. The highest BCUT2D eigenvalue weighted by atomic mass is 35.5. The number of rotatable bonds is 5. The van der Waals surface area contributed by atoms with Crippen molar-refractivity contribution in [1.82, 2.24) is 0 Å². The van der Waals surface area contributed by atoms with Gasteiger partial charge in [0.15, 0.2) is 0 Å². The zero-order chi connectivity index (χ0) is 15.3. The van der Waals surface area contributed by atoms with Crippen molar-refractivity contribution in [3.05, 3.63) is 28.8 Å². The molecule has 0 unspecified atom stereocenters. The first-order chi connectivity index (χ1) is 10.0. The minimum absolute atomic E-state index is 0.169. The van der Waals surface area contributed by atoms with E-state index < -0.39 is 5.97 Å². The van der Waals surface area contributed by atoms with Crippen LogP contribution in [0, 0.1) is 16.7 Å². The van der Waals surface area contributed by atoms with Gasteiger partial charge in [0, 0.05) is 11.6 Å². The first-order valence-corrected chi connectivity index (χ1v) is 7.58. The molecule has 0 saturated heterocycles. The summed E-state index contributed by atoms with van der Waals surface area (Å²) in [7, 11) is 0. The zero-order valence-electron chi connectivity index (χ0n) is 11.9. The Morgan fingerprint density at radius 1 is 1.38 bits per heavy atom. The monoisotopic (exact) mass is 306 g/mol. The van der Waals surface area contributed by atoms with Crippen molar-refractivity contribution >= 4 is 23.3 Å². The topological polar surface area (TPSA) is 73.1 Å². The molecule has 2 N–H and O–H groups in total. The molecule has 1 fully saturated rings. The molecule has 1 aliphatic carbocycles. The summed E-state index contributed by atoms with van der Waals surface area (Å²) in [5, 5.41) is 22.1. The lowest BCUT2D eigenvalue weighted by molar-refractivity contribution is -0.140. The molecule has 1 aromatic carbocycles. The van der Waals surface area contributed by atoms with Gasteiger partial charge in [0.25, 0.3) is 0 Å². The first kappa shape index (κ1) is 15.7. The molecule has 1 aliphatic rings. The van der Waals surface area contributed by atoms with Gasteiger partial charge in [0.1, 0.15) is 6.07 Å². The largest absolute Gasteiger partial charge is 0.481 e. The Morgan fingerprint density at radius 3 is 2.71 bits per heavy atom. The second-order valence-electron chi connectivity index (χ2n) is 5.79. The van der Waals surface area contributed by atoms with Gasteiger partial charge in [-0.1, -0.05) is 30.9 Å². The van der Waals surface area contributed by atoms with Crippen LogP contribution in [0.15, 0.2) is 18.2 Å². The molecule has 1 aromatic rings. The molecule has 1 saturated carbocycles. The molecule has 0 spiro atoms. The number of aliphatic carboxylic acids is 1. The molecule has 0 amide bonds. The van der Waals surface area contributed by atoms with Crippen LogP contribution in [0.5, 0.6) is 0 Å². The number of hydrogen-bond acceptors (Lipinski definition) is 3. The van der Waals surface area contributed by atoms with Gasteiger partial charge in [0.05, 0.1) is 17.7 Å². The Kier molecular flexibility index (Phi) is 5.08. The molecule has 112 valence electrons. The Bertz CT molecular complexity index is 560. The number of carboxylic acid groups (broad SMARTS) is 1. The van der Waals surface area contributed by atoms with Crippen LogP contribution in [0.25, 0.3) is 0 Å². The summed E-state index contributed by atoms with van der Waals surface area (Å²) >= 11 is 5.97. The van der Waals surface area contributed by atoms with E-state index in [1.54, 1.807) is 18.2 Å². The molecular formula is C16H19ClN2O2. The van der Waals surface area contributed by atoms with E-state index in [4.69, 9.17) is 16.9 Å². The highest BCUT2D eigenvalue weighted by Gasteiger charge is 2.34. The smallest absolute Gasteiger partial charge is 0.303 e. The average molecular weight is 307 g/mol. The average Bonchev–Trinajstić information content (AvgIpc) is 2.46. The maximum absolute atomic E-state index is 11.2. The predicted octanol–water partition coefficient (Wildman–Crippen LogP) is 4.05. The minimum Gasteiger partial charge on any atom is -0.481 e. The molecule has 0 bridgehead atoms. The lowest BCUT2D eigenvalue weighted by atomic mass is 9.71. The van der Waals surface area contributed by atoms with E-state index >= 15 is 0 Å². The summed E-state index contributed by atoms with van der Waals surface area (Å²) in [6, 6.07) is 7.20. The van der Waals surface area contributed by atoms with Crippen LogP contribution in [0.4, 0.5) is 5.69 Å². The molecule has 21 heavy (non-hydrogen) atoms. The Balaban J connectivity index is 2.13. The van der Waals surface area contributed by atoms with Crippen LogP contribution in [-0.2, 0) is 4.79 Å². The normalized spacial score (nSPS) is 17.0. The summed E-state index contributed by atoms with van der Waals surface area (Å²) < 4.78 is 0. The van der Waals surface area contributed by atoms with Crippen molar-refractivity contribution in [3.8, 4) is 6.07 Å². The van der Waals surface area contributed by atoms with Gasteiger partial charge >= 0.3 is 5.97 Å². The number of benzene rings is 1. The van der Waals surface area contributed by atoms with Crippen molar-refractivity contribution < 1.29 is 9.90 Å². The summed E-state index contributed by atoms with van der Waals surface area (Å²) in [6.07, 6.45) is 5.29. The van der Waals surface area contributed by atoms with Crippen LogP contribution in [-0.4, -0.2) is 17.6 Å². The van der Waals surface area contributed by atoms with Crippen LogP contribution in [0.1, 0.15) is 44.1 Å². The van der Waals surface area contributed by atoms with Crippen molar-refractivity contribution in [1.29, 1.82) is 5.26 Å². The van der Waals surface area contributed by atoms with Crippen LogP contribution in [0.2, 0.25) is 5.02 Å². The van der Waals surface area contributed by atoms with Crippen LogP contribution < -0.4 is 5.32 Å². The van der Waals surface area contributed by atoms with E-state index in [0.29, 0.717) is 22.8 Å². The molecule has 0 atom stereocenters. The van der Waals surface area contributed by atoms with Gasteiger partial charge in [-0.25, -0.2) is 0 Å². The van der Waals surface area contributed by atoms with E-state index in [9.17, 15) is 9.90 Å². The van der Waals surface area contributed by atoms with E-state index in [1.165, 1.54) is 6.42 Å². The lowest BCUT2D eigenvalue weighted by Crippen LogP contribution is -2.34. The second-order valence-corrected chi connectivity index (χ2v) is 6.22. The summed E-state index contributed by atoms with van der Waals surface area (Å²) in [5.41, 5.74) is 0.986. The Labute approximate surface area is 129 Å². The third-order valence-electron chi connectivity index (χ3n) is 4.20. The fourth-order valence-electron chi connectivity index (χ4n) is 3.08. The maximum Gasteiger partial charge on any atom is 0.303 e. The minimum atomic E-state index is -0.759. The number of anilines is 1. The SMILES string of the molecule is N#Cc1ccc(Cl)cc1NCC1(CC(=O)O)CCCCC1. The molecule has 4 nitrogen and oxygen atoms in total. The van der Waals surface area contributed by atoms with Crippen LogP contribution in [0.3, 0.4) is 0 Å². The zero-order valence-corrected chi connectivity index (χ0v) is 12.6. The van der Waals surface area contributed by atoms with Gasteiger partial charge in [-0.05, 0) is 36.5 Å². The number of hydrogen-bond donors (Lipinski definition) is 2. The second kappa shape index (κ2) is 6.82. The predicted molar refractivity (Wildman–Crippen MR) is 82.4 cm³/mol. The maximum atomic E-state index is 11.2. The van der Waals surface area contributed by atoms with Crippen molar-refractivity contribution in [2.75, 3.05) is 11.9 Å². The summed E-state index contributed by atoms with van der Waals surface area (Å²) in [6.45, 7) is 0.564. The highest BCUT2D eigenvalue weighted by molar-refractivity contribution is 6.30. The van der Waals surface area contributed by atoms with Gasteiger partial charge in [0.2, 0.25) is 0 Å². The summed E-state index contributed by atoms with van der Waals surface area (Å²) in [5.74, 6) is -0.759. The number of nitrogens with one attached hydrogen (secondary N) is 1. The molecule has 5 heteroatoms. The Morgan fingerprint density at radius 2 is 2.10 bits per heavy atom. The van der Waals surface area contributed by atoms with Gasteiger partial charge in [-0.15, -0.1) is 0 Å². The number of nitrogens with zero attached hydrogens (tertiary/aromatic N) is 1. The van der Waals surface area contributed by atoms with Gasteiger partial charge < -0.3 is 10.4 Å². The van der Waals surface area contributed by atoms with Crippen molar-refractivity contribution in [2.45, 2.75) is 38.5 Å². The van der Waals surface area contributed by atoms with E-state index in [2.05, 4.69) is 11.4 Å². The fraction of sp³-hybridized carbons (Fsp3) is 0.500. The van der Waals surface area contributed by atoms with E-state index in [1.807, 2.05) is 0 Å². The van der Waals surface area contributed by atoms with Gasteiger partial charge in [-0.3, -0.25) is 4.79 Å². The van der Waals surface area contributed by atoms with E-state index in [-0.39, 0.29) is 11.8 Å². The van der Waals surface area contributed by atoms with E-state index in [0.717, 1.165) is 25.7 Å². The third kappa shape index (κ3) is 4.12. The quantitative estimate of drug-likeness (QED) is 0.860. The third-order valence-corrected chi connectivity index (χ3v) is 4.43. The Hall–Kier alpha value is -1.73. The number of carbonyl (C=O) groups is 1. The molecule has 2 rings (SSSR count). The molecular weight excluding hydrogens is 288 g/mol.